The van der Waals surface area contributed by atoms with E-state index in [0.29, 0.717) is 17.6 Å². The predicted octanol–water partition coefficient (Wildman–Crippen LogP) is 1.74. The minimum absolute atomic E-state index is 0.0721. The Labute approximate surface area is 139 Å². The zero-order valence-electron chi connectivity index (χ0n) is 13.6. The van der Waals surface area contributed by atoms with Crippen molar-refractivity contribution < 1.29 is 14.1 Å². The quantitative estimate of drug-likeness (QED) is 0.861. The third kappa shape index (κ3) is 2.11. The summed E-state index contributed by atoms with van der Waals surface area (Å²) >= 11 is 0. The van der Waals surface area contributed by atoms with Crippen molar-refractivity contribution in [1.29, 1.82) is 0 Å². The number of hydrogen-bond donors (Lipinski definition) is 1. The Morgan fingerprint density at radius 2 is 2.25 bits per heavy atom. The summed E-state index contributed by atoms with van der Waals surface area (Å²) in [5.74, 6) is 0.0662. The average molecular weight is 328 g/mol. The van der Waals surface area contributed by atoms with Crippen LogP contribution in [0.1, 0.15) is 43.2 Å². The van der Waals surface area contributed by atoms with Gasteiger partial charge in [0.1, 0.15) is 0 Å². The Morgan fingerprint density at radius 3 is 3.08 bits per heavy atom. The number of nitrogens with zero attached hydrogens (tertiary/aromatic N) is 3. The molecule has 2 aromatic heterocycles. The van der Waals surface area contributed by atoms with E-state index < -0.39 is 5.41 Å². The fourth-order valence-corrected chi connectivity index (χ4v) is 4.15. The first kappa shape index (κ1) is 15.1. The number of piperidine rings is 2. The number of hydrogen-bond acceptors (Lipinski definition) is 5. The van der Waals surface area contributed by atoms with E-state index in [-0.39, 0.29) is 23.6 Å². The Balaban J connectivity index is 1.68. The van der Waals surface area contributed by atoms with Gasteiger partial charge in [0, 0.05) is 25.3 Å². The highest BCUT2D eigenvalue weighted by Crippen LogP contribution is 2.42. The van der Waals surface area contributed by atoms with E-state index in [1.807, 2.05) is 6.92 Å². The van der Waals surface area contributed by atoms with Crippen molar-refractivity contribution in [3.63, 3.8) is 0 Å². The Bertz CT molecular complexity index is 798. The summed E-state index contributed by atoms with van der Waals surface area (Å²) in [5.41, 5.74) is -0.0594. The minimum Gasteiger partial charge on any atom is -0.356 e. The number of pyridine rings is 1. The standard InChI is InChI=1S/C17H20N4O3/c1-11-17(6-3-9-19-16(17)23)7-4-10-21(11)15(22)13-12-5-2-8-18-14(12)20-24-13/h2,5,8,11H,3-4,6-7,9-10H2,1H3,(H,19,23)/t11-,17+/m1/s1. The summed E-state index contributed by atoms with van der Waals surface area (Å²) < 4.78 is 5.28. The number of aromatic nitrogens is 2. The maximum atomic E-state index is 13.1. The summed E-state index contributed by atoms with van der Waals surface area (Å²) in [5, 5.41) is 7.45. The highest BCUT2D eigenvalue weighted by atomic mass is 16.5. The van der Waals surface area contributed by atoms with Gasteiger partial charge >= 0.3 is 0 Å². The van der Waals surface area contributed by atoms with Crippen LogP contribution >= 0.6 is 0 Å². The van der Waals surface area contributed by atoms with Crippen LogP contribution in [-0.4, -0.2) is 46.0 Å². The molecule has 0 aliphatic carbocycles. The third-order valence-electron chi connectivity index (χ3n) is 5.54. The third-order valence-corrected chi connectivity index (χ3v) is 5.54. The highest BCUT2D eigenvalue weighted by Gasteiger charge is 2.50. The molecule has 0 bridgehead atoms. The molecule has 2 saturated heterocycles. The monoisotopic (exact) mass is 328 g/mol. The van der Waals surface area contributed by atoms with Gasteiger partial charge in [-0.3, -0.25) is 9.59 Å². The van der Waals surface area contributed by atoms with Crippen LogP contribution in [0.5, 0.6) is 0 Å². The second-order valence-corrected chi connectivity index (χ2v) is 6.68. The molecule has 2 aliphatic heterocycles. The molecule has 0 aromatic carbocycles. The lowest BCUT2D eigenvalue weighted by Gasteiger charge is -2.49. The van der Waals surface area contributed by atoms with Crippen LogP contribution in [0.4, 0.5) is 0 Å². The van der Waals surface area contributed by atoms with Gasteiger partial charge in [0.15, 0.2) is 0 Å². The first-order valence-corrected chi connectivity index (χ1v) is 8.43. The van der Waals surface area contributed by atoms with Gasteiger partial charge in [0.25, 0.3) is 5.91 Å². The molecule has 2 aromatic rings. The fourth-order valence-electron chi connectivity index (χ4n) is 4.15. The molecule has 24 heavy (non-hydrogen) atoms. The molecule has 2 fully saturated rings. The molecule has 2 aliphatic rings. The van der Waals surface area contributed by atoms with Gasteiger partial charge < -0.3 is 14.7 Å². The molecule has 4 heterocycles. The number of likely N-dealkylation sites (tertiary alicyclic amines) is 1. The van der Waals surface area contributed by atoms with Crippen molar-refractivity contribution in [1.82, 2.24) is 20.4 Å². The molecule has 1 N–H and O–H groups in total. The summed E-state index contributed by atoms with van der Waals surface area (Å²) in [6, 6.07) is 3.37. The van der Waals surface area contributed by atoms with Gasteiger partial charge in [-0.1, -0.05) is 5.16 Å². The number of carbonyl (C=O) groups excluding carboxylic acids is 2. The van der Waals surface area contributed by atoms with Crippen molar-refractivity contribution in [3.05, 3.63) is 24.1 Å². The maximum absolute atomic E-state index is 13.1. The van der Waals surface area contributed by atoms with Gasteiger partial charge in [-0.15, -0.1) is 0 Å². The van der Waals surface area contributed by atoms with E-state index in [1.165, 1.54) is 0 Å². The zero-order valence-corrected chi connectivity index (χ0v) is 13.6. The van der Waals surface area contributed by atoms with Crippen LogP contribution < -0.4 is 5.32 Å². The van der Waals surface area contributed by atoms with Crippen LogP contribution in [0.2, 0.25) is 0 Å². The van der Waals surface area contributed by atoms with Crippen LogP contribution in [0.25, 0.3) is 11.0 Å². The summed E-state index contributed by atoms with van der Waals surface area (Å²) in [6.07, 6.45) is 5.02. The van der Waals surface area contributed by atoms with E-state index in [4.69, 9.17) is 4.52 Å². The minimum atomic E-state index is -0.486. The number of nitrogens with one attached hydrogen (secondary N) is 1. The van der Waals surface area contributed by atoms with Gasteiger partial charge in [-0.2, -0.15) is 0 Å². The molecule has 2 atom stereocenters. The largest absolute Gasteiger partial charge is 0.356 e. The smallest absolute Gasteiger partial charge is 0.293 e. The molecule has 0 radical (unpaired) electrons. The second-order valence-electron chi connectivity index (χ2n) is 6.68. The maximum Gasteiger partial charge on any atom is 0.293 e. The Kier molecular flexibility index (Phi) is 3.51. The molecule has 1 spiro atoms. The lowest BCUT2D eigenvalue weighted by Crippen LogP contribution is -2.61. The van der Waals surface area contributed by atoms with Crippen molar-refractivity contribution in [2.75, 3.05) is 13.1 Å². The predicted molar refractivity (Wildman–Crippen MR) is 86.2 cm³/mol. The van der Waals surface area contributed by atoms with E-state index in [9.17, 15) is 9.59 Å². The second kappa shape index (κ2) is 5.58. The fraction of sp³-hybridized carbons (Fsp3) is 0.529. The molecule has 2 amide bonds. The van der Waals surface area contributed by atoms with Gasteiger partial charge in [-0.05, 0) is 44.7 Å². The van der Waals surface area contributed by atoms with Crippen LogP contribution in [0.15, 0.2) is 22.9 Å². The van der Waals surface area contributed by atoms with E-state index in [0.717, 1.165) is 32.2 Å². The molecule has 0 saturated carbocycles. The Morgan fingerprint density at radius 1 is 1.42 bits per heavy atom. The van der Waals surface area contributed by atoms with Crippen LogP contribution in [0.3, 0.4) is 0 Å². The average Bonchev–Trinajstić information content (AvgIpc) is 3.03. The van der Waals surface area contributed by atoms with Gasteiger partial charge in [0.05, 0.1) is 10.8 Å². The summed E-state index contributed by atoms with van der Waals surface area (Å²) in [7, 11) is 0. The van der Waals surface area contributed by atoms with Crippen LogP contribution in [-0.2, 0) is 4.79 Å². The summed E-state index contributed by atoms with van der Waals surface area (Å²) in [6.45, 7) is 3.32. The molecule has 4 rings (SSSR count). The van der Waals surface area contributed by atoms with E-state index >= 15 is 0 Å². The normalized spacial score (nSPS) is 27.5. The van der Waals surface area contributed by atoms with Gasteiger partial charge in [-0.25, -0.2) is 4.98 Å². The van der Waals surface area contributed by atoms with Gasteiger partial charge in [0.2, 0.25) is 17.3 Å². The molecule has 126 valence electrons. The van der Waals surface area contributed by atoms with Crippen molar-refractivity contribution in [3.8, 4) is 0 Å². The van der Waals surface area contributed by atoms with Crippen LogP contribution in [0, 0.1) is 5.41 Å². The highest BCUT2D eigenvalue weighted by molar-refractivity contribution is 6.03. The molecular weight excluding hydrogens is 308 g/mol. The molecule has 7 heteroatoms. The molecular formula is C17H20N4O3. The first-order chi connectivity index (χ1) is 11.6. The number of fused-ring (bicyclic) bond motifs is 1. The molecule has 0 unspecified atom stereocenters. The van der Waals surface area contributed by atoms with E-state index in [2.05, 4.69) is 15.5 Å². The topological polar surface area (TPSA) is 88.3 Å². The number of rotatable bonds is 1. The van der Waals surface area contributed by atoms with Crippen molar-refractivity contribution in [2.45, 2.75) is 38.6 Å². The van der Waals surface area contributed by atoms with Crippen molar-refractivity contribution in [2.24, 2.45) is 5.41 Å². The van der Waals surface area contributed by atoms with Crippen molar-refractivity contribution >= 4 is 22.8 Å². The lowest BCUT2D eigenvalue weighted by molar-refractivity contribution is -0.140. The number of amides is 2. The first-order valence-electron chi connectivity index (χ1n) is 8.43. The number of carbonyl (C=O) groups is 2. The molecule has 7 nitrogen and oxygen atoms in total. The SMILES string of the molecule is C[C@H]1N(C(=O)c2onc3ncccc23)CCC[C@@]12CCCNC2=O. The van der Waals surface area contributed by atoms with E-state index in [1.54, 1.807) is 23.2 Å². The lowest BCUT2D eigenvalue weighted by atomic mass is 9.68. The Hall–Kier alpha value is -2.44. The summed E-state index contributed by atoms with van der Waals surface area (Å²) in [4.78, 5) is 31.5. The zero-order chi connectivity index (χ0) is 16.7.